The second-order valence-electron chi connectivity index (χ2n) is 9.43. The summed E-state index contributed by atoms with van der Waals surface area (Å²) < 4.78 is 34.9. The van der Waals surface area contributed by atoms with Crippen molar-refractivity contribution < 1.29 is 18.3 Å². The van der Waals surface area contributed by atoms with Gasteiger partial charge in [0.2, 0.25) is 5.91 Å². The number of para-hydroxylation sites is 1. The third-order valence-electron chi connectivity index (χ3n) is 6.70. The van der Waals surface area contributed by atoms with Crippen molar-refractivity contribution in [3.05, 3.63) is 77.2 Å². The van der Waals surface area contributed by atoms with Gasteiger partial charge < -0.3 is 25.3 Å². The van der Waals surface area contributed by atoms with Crippen LogP contribution in [0.25, 0.3) is 5.69 Å². The van der Waals surface area contributed by atoms with Crippen molar-refractivity contribution in [3.8, 4) is 5.69 Å². The minimum atomic E-state index is -0.546. The topological polar surface area (TPSA) is 80.2 Å². The largest absolute Gasteiger partial charge is 0.383 e. The van der Waals surface area contributed by atoms with Crippen molar-refractivity contribution in [1.29, 1.82) is 0 Å². The number of nitrogens with one attached hydrogen (secondary N) is 3. The number of halogens is 2. The third-order valence-corrected chi connectivity index (χ3v) is 6.70. The van der Waals surface area contributed by atoms with Crippen LogP contribution in [-0.2, 0) is 28.9 Å². The molecule has 0 saturated heterocycles. The Hall–Kier alpha value is -3.14. The molecule has 0 radical (unpaired) electrons. The molecule has 1 amide bonds. The summed E-state index contributed by atoms with van der Waals surface area (Å²) >= 11 is 0. The highest BCUT2D eigenvalue weighted by Gasteiger charge is 2.27. The van der Waals surface area contributed by atoms with Gasteiger partial charge in [-0.15, -0.1) is 0 Å². The Balaban J connectivity index is 1.40. The molecule has 2 atom stereocenters. The average molecular weight is 512 g/mol. The van der Waals surface area contributed by atoms with Gasteiger partial charge in [0, 0.05) is 32.3 Å². The molecule has 1 aliphatic carbocycles. The fourth-order valence-electron chi connectivity index (χ4n) is 4.83. The van der Waals surface area contributed by atoms with Crippen LogP contribution < -0.4 is 16.0 Å². The molecule has 0 bridgehead atoms. The number of aromatic nitrogens is 2. The number of fused-ring (bicyclic) bond motifs is 1. The number of carbonyl (C=O) groups is 1. The first-order valence-corrected chi connectivity index (χ1v) is 12.8. The lowest BCUT2D eigenvalue weighted by Gasteiger charge is -2.29. The predicted octanol–water partition coefficient (Wildman–Crippen LogP) is 4.14. The van der Waals surface area contributed by atoms with Gasteiger partial charge >= 0.3 is 0 Å². The zero-order chi connectivity index (χ0) is 26.2. The van der Waals surface area contributed by atoms with Crippen molar-refractivity contribution >= 4 is 11.7 Å². The average Bonchev–Trinajstić information content (AvgIpc) is 3.35. The molecular formula is C28H35F2N5O2. The molecule has 7 nitrogen and oxygen atoms in total. The van der Waals surface area contributed by atoms with Gasteiger partial charge in [0.15, 0.2) is 5.82 Å². The summed E-state index contributed by atoms with van der Waals surface area (Å²) in [6, 6.07) is 9.85. The highest BCUT2D eigenvalue weighted by Crippen LogP contribution is 2.26. The van der Waals surface area contributed by atoms with Gasteiger partial charge in [-0.25, -0.2) is 13.8 Å². The fraction of sp³-hybridized carbons (Fsp3) is 0.429. The fourth-order valence-corrected chi connectivity index (χ4v) is 4.83. The number of benzene rings is 2. The van der Waals surface area contributed by atoms with E-state index in [0.717, 1.165) is 30.3 Å². The number of amides is 1. The molecule has 0 fully saturated rings. The molecule has 0 aliphatic heterocycles. The number of ether oxygens (including phenoxy) is 1. The van der Waals surface area contributed by atoms with E-state index < -0.39 is 17.7 Å². The van der Waals surface area contributed by atoms with Crippen LogP contribution >= 0.6 is 0 Å². The van der Waals surface area contributed by atoms with Gasteiger partial charge in [-0.3, -0.25) is 4.79 Å². The van der Waals surface area contributed by atoms with Crippen LogP contribution in [0.2, 0.25) is 0 Å². The lowest BCUT2D eigenvalue weighted by atomic mass is 9.87. The quantitative estimate of drug-likeness (QED) is 0.319. The van der Waals surface area contributed by atoms with Crippen molar-refractivity contribution in [1.82, 2.24) is 20.2 Å². The maximum Gasteiger partial charge on any atom is 0.242 e. The molecule has 2 aromatic carbocycles. The molecule has 9 heteroatoms. The number of hydrogen-bond acceptors (Lipinski definition) is 5. The third kappa shape index (κ3) is 7.00. The maximum atomic E-state index is 14.3. The summed E-state index contributed by atoms with van der Waals surface area (Å²) in [5.41, 5.74) is 3.33. The molecule has 1 heterocycles. The molecule has 198 valence electrons. The van der Waals surface area contributed by atoms with Gasteiger partial charge in [-0.2, -0.15) is 0 Å². The molecule has 0 spiro atoms. The van der Waals surface area contributed by atoms with E-state index >= 15 is 0 Å². The van der Waals surface area contributed by atoms with Crippen LogP contribution in [0.3, 0.4) is 0 Å². The van der Waals surface area contributed by atoms with Crippen LogP contribution in [0.4, 0.5) is 14.6 Å². The number of anilines is 1. The summed E-state index contributed by atoms with van der Waals surface area (Å²) in [7, 11) is 1.67. The van der Waals surface area contributed by atoms with Gasteiger partial charge in [-0.1, -0.05) is 31.5 Å². The molecule has 3 aromatic rings. The lowest BCUT2D eigenvalue weighted by Crippen LogP contribution is -2.48. The normalized spacial score (nSPS) is 15.8. The molecular weight excluding hydrogens is 476 g/mol. The zero-order valence-electron chi connectivity index (χ0n) is 21.4. The van der Waals surface area contributed by atoms with Crippen molar-refractivity contribution in [3.63, 3.8) is 0 Å². The van der Waals surface area contributed by atoms with Crippen molar-refractivity contribution in [2.45, 2.75) is 57.7 Å². The van der Waals surface area contributed by atoms with Gasteiger partial charge in [-0.05, 0) is 54.5 Å². The number of carbonyl (C=O) groups excluding carboxylic acids is 1. The van der Waals surface area contributed by atoms with Crippen LogP contribution in [0, 0.1) is 11.6 Å². The van der Waals surface area contributed by atoms with E-state index in [9.17, 15) is 13.6 Å². The summed E-state index contributed by atoms with van der Waals surface area (Å²) in [4.78, 5) is 17.6. The SMILES string of the molecule is CCCC(N[C@H]1CCc2cc(F)cc(F)c2C1)C(=O)Nc1cn(-c2ccccc2CNCCOC)cn1. The van der Waals surface area contributed by atoms with Crippen LogP contribution in [0.5, 0.6) is 0 Å². The van der Waals surface area contributed by atoms with Gasteiger partial charge in [0.1, 0.15) is 18.0 Å². The minimum Gasteiger partial charge on any atom is -0.383 e. The Morgan fingerprint density at radius 2 is 2.11 bits per heavy atom. The number of hydrogen-bond donors (Lipinski definition) is 3. The highest BCUT2D eigenvalue weighted by molar-refractivity contribution is 5.94. The van der Waals surface area contributed by atoms with Crippen LogP contribution in [0.15, 0.2) is 48.9 Å². The summed E-state index contributed by atoms with van der Waals surface area (Å²) in [5.74, 6) is -0.773. The second kappa shape index (κ2) is 12.9. The number of nitrogens with zero attached hydrogens (tertiary/aromatic N) is 2. The predicted molar refractivity (Wildman–Crippen MR) is 140 cm³/mol. The monoisotopic (exact) mass is 511 g/mol. The molecule has 4 rings (SSSR count). The number of imidazole rings is 1. The van der Waals surface area contributed by atoms with E-state index in [4.69, 9.17) is 4.74 Å². The zero-order valence-corrected chi connectivity index (χ0v) is 21.4. The van der Waals surface area contributed by atoms with Crippen LogP contribution in [-0.4, -0.2) is 47.8 Å². The van der Waals surface area contributed by atoms with Crippen LogP contribution in [0.1, 0.15) is 42.9 Å². The van der Waals surface area contributed by atoms with E-state index in [0.29, 0.717) is 55.8 Å². The highest BCUT2D eigenvalue weighted by atomic mass is 19.1. The number of aryl methyl sites for hydroxylation is 1. The molecule has 37 heavy (non-hydrogen) atoms. The first kappa shape index (κ1) is 26.9. The Morgan fingerprint density at radius 3 is 2.92 bits per heavy atom. The lowest BCUT2D eigenvalue weighted by molar-refractivity contribution is -0.118. The van der Waals surface area contributed by atoms with E-state index in [1.165, 1.54) is 6.07 Å². The van der Waals surface area contributed by atoms with Crippen molar-refractivity contribution in [2.75, 3.05) is 25.6 Å². The minimum absolute atomic E-state index is 0.0650. The van der Waals surface area contributed by atoms with Crippen molar-refractivity contribution in [2.24, 2.45) is 0 Å². The maximum absolute atomic E-state index is 14.3. The van der Waals surface area contributed by atoms with Gasteiger partial charge in [0.25, 0.3) is 0 Å². The molecule has 3 N–H and O–H groups in total. The standard InChI is InChI=1S/C28H35F2N5O2/c1-3-6-25(33-22-10-9-19-13-21(29)14-24(30)23(19)15-22)28(36)34-27-17-35(18-32-27)26-8-5-4-7-20(26)16-31-11-12-37-2/h4-5,7-8,13-14,17-18,22,25,31,33H,3,6,9-12,15-16H2,1-2H3,(H,34,36)/t22-,25?/m0/s1. The smallest absolute Gasteiger partial charge is 0.242 e. The summed E-state index contributed by atoms with van der Waals surface area (Å²) in [6.07, 6.45) is 6.66. The Kier molecular flexibility index (Phi) is 9.38. The summed E-state index contributed by atoms with van der Waals surface area (Å²) in [6.45, 7) is 4.09. The Bertz CT molecular complexity index is 1200. The second-order valence-corrected chi connectivity index (χ2v) is 9.43. The van der Waals surface area contributed by atoms with E-state index in [1.54, 1.807) is 19.6 Å². The van der Waals surface area contributed by atoms with E-state index in [1.807, 2.05) is 35.8 Å². The van der Waals surface area contributed by atoms with E-state index in [2.05, 4.69) is 20.9 Å². The van der Waals surface area contributed by atoms with E-state index in [-0.39, 0.29) is 11.9 Å². The first-order valence-electron chi connectivity index (χ1n) is 12.8. The Labute approximate surface area is 216 Å². The molecule has 0 saturated carbocycles. The molecule has 1 aliphatic rings. The number of rotatable bonds is 12. The summed E-state index contributed by atoms with van der Waals surface area (Å²) in [5, 5.41) is 9.70. The van der Waals surface area contributed by atoms with Gasteiger partial charge in [0.05, 0.1) is 24.5 Å². The molecule has 1 aromatic heterocycles. The first-order chi connectivity index (χ1) is 18.0. The Morgan fingerprint density at radius 1 is 1.27 bits per heavy atom. The molecule has 1 unspecified atom stereocenters. The number of methoxy groups -OCH3 is 1.